The second-order valence-electron chi connectivity index (χ2n) is 19.5. The van der Waals surface area contributed by atoms with E-state index < -0.39 is 5.41 Å². The van der Waals surface area contributed by atoms with Gasteiger partial charge in [0.25, 0.3) is 0 Å². The van der Waals surface area contributed by atoms with Gasteiger partial charge < -0.3 is 9.47 Å². The molecule has 12 aromatic rings. The molecule has 350 valence electrons. The summed E-state index contributed by atoms with van der Waals surface area (Å²) in [6.45, 7) is 10.2. The molecule has 0 aliphatic heterocycles. The van der Waals surface area contributed by atoms with Crippen LogP contribution in [0.4, 0.5) is 17.1 Å². The van der Waals surface area contributed by atoms with Crippen molar-refractivity contribution in [3.8, 4) is 50.2 Å². The fourth-order valence-corrected chi connectivity index (χ4v) is 11.6. The molecule has 0 bridgehead atoms. The van der Waals surface area contributed by atoms with Gasteiger partial charge in [-0.1, -0.05) is 219 Å². The van der Waals surface area contributed by atoms with Crippen molar-refractivity contribution in [1.29, 1.82) is 0 Å². The molecule has 2 nitrogen and oxygen atoms in total. The molecule has 1 unspecified atom stereocenters. The van der Waals surface area contributed by atoms with Gasteiger partial charge in [-0.2, -0.15) is 0 Å². The lowest BCUT2D eigenvalue weighted by Crippen LogP contribution is -2.29. The molecule has 0 amide bonds. The van der Waals surface area contributed by atoms with Crippen molar-refractivity contribution in [1.82, 2.24) is 4.57 Å². The predicted octanol–water partition coefficient (Wildman–Crippen LogP) is 19.2. The van der Waals surface area contributed by atoms with E-state index in [0.717, 1.165) is 45.0 Å². The van der Waals surface area contributed by atoms with E-state index in [4.69, 9.17) is 0 Å². The highest BCUT2D eigenvalue weighted by Crippen LogP contribution is 2.57. The largest absolute Gasteiger partial charge is 0.310 e. The minimum Gasteiger partial charge on any atom is -0.310 e. The molecule has 0 radical (unpaired) electrons. The molecule has 1 aliphatic carbocycles. The molecule has 0 spiro atoms. The summed E-state index contributed by atoms with van der Waals surface area (Å²) in [4.78, 5) is 2.42. The fourth-order valence-electron chi connectivity index (χ4n) is 11.6. The fraction of sp³-hybridized carbons (Fsp3) is 0.0278. The highest BCUT2D eigenvalue weighted by molar-refractivity contribution is 6.11. The summed E-state index contributed by atoms with van der Waals surface area (Å²) in [6, 6.07) is 96.1. The monoisotopic (exact) mass is 944 g/mol. The summed E-state index contributed by atoms with van der Waals surface area (Å²) in [7, 11) is 0. The van der Waals surface area contributed by atoms with E-state index in [0.29, 0.717) is 0 Å². The number of benzene rings is 11. The summed E-state index contributed by atoms with van der Waals surface area (Å²) < 4.78 is 2.39. The van der Waals surface area contributed by atoms with Gasteiger partial charge in [-0.3, -0.25) is 0 Å². The molecule has 13 rings (SSSR count). The third-order valence-electron chi connectivity index (χ3n) is 15.3. The van der Waals surface area contributed by atoms with E-state index in [1.807, 2.05) is 12.2 Å². The van der Waals surface area contributed by atoms with Crippen molar-refractivity contribution in [2.45, 2.75) is 12.3 Å². The van der Waals surface area contributed by atoms with Crippen LogP contribution in [-0.2, 0) is 5.41 Å². The number of aryl methyl sites for hydroxylation is 1. The molecular weight excluding hydrogens is 893 g/mol. The van der Waals surface area contributed by atoms with Gasteiger partial charge in [0.1, 0.15) is 0 Å². The van der Waals surface area contributed by atoms with Gasteiger partial charge >= 0.3 is 0 Å². The summed E-state index contributed by atoms with van der Waals surface area (Å²) in [5.74, 6) is 0. The molecule has 1 aliphatic rings. The summed E-state index contributed by atoms with van der Waals surface area (Å²) in [5, 5.41) is 2.43. The number of fused-ring (bicyclic) bond motifs is 6. The summed E-state index contributed by atoms with van der Waals surface area (Å²) in [6.07, 6.45) is 3.82. The Morgan fingerprint density at radius 1 is 0.365 bits per heavy atom. The molecular formula is C72H52N2. The standard InChI is InChI=1S/C72H52N2/c1-4-50-22-26-54(27-23-50)56-32-44-70-66(46-56)67-47-57(33-45-71(67)74(70)60-16-10-7-11-17-60)55-30-40-62(41-31-55)73(61-38-28-53(29-39-61)52-14-8-6-9-15-52)63-42-43-65-64-18-12-13-19-68(64)72(69(65)48-63,58-34-20-49(3)21-35-58)59-36-24-51(5-2)25-37-59/h4-48H,1-2H2,3H3. The average Bonchev–Trinajstić information content (AvgIpc) is 3.97. The predicted molar refractivity (Wildman–Crippen MR) is 314 cm³/mol. The van der Waals surface area contributed by atoms with Gasteiger partial charge in [-0.05, 0) is 158 Å². The third-order valence-corrected chi connectivity index (χ3v) is 15.3. The first-order valence-electron chi connectivity index (χ1n) is 25.5. The first kappa shape index (κ1) is 44.4. The molecule has 2 heteroatoms. The number of rotatable bonds is 11. The van der Waals surface area contributed by atoms with E-state index in [-0.39, 0.29) is 0 Å². The smallest absolute Gasteiger partial charge is 0.0714 e. The van der Waals surface area contributed by atoms with Crippen LogP contribution in [0.15, 0.2) is 274 Å². The molecule has 0 fully saturated rings. The van der Waals surface area contributed by atoms with Gasteiger partial charge in [0, 0.05) is 33.5 Å². The number of hydrogen-bond acceptors (Lipinski definition) is 1. The van der Waals surface area contributed by atoms with Crippen molar-refractivity contribution in [3.63, 3.8) is 0 Å². The highest BCUT2D eigenvalue weighted by atomic mass is 15.1. The Kier molecular flexibility index (Phi) is 11.0. The maximum atomic E-state index is 4.09. The Morgan fingerprint density at radius 3 is 1.36 bits per heavy atom. The lowest BCUT2D eigenvalue weighted by molar-refractivity contribution is 0.768. The van der Waals surface area contributed by atoms with E-state index in [2.05, 4.69) is 290 Å². The van der Waals surface area contributed by atoms with Crippen LogP contribution in [0, 0.1) is 6.92 Å². The van der Waals surface area contributed by atoms with E-state index in [9.17, 15) is 0 Å². The van der Waals surface area contributed by atoms with Crippen molar-refractivity contribution in [2.75, 3.05) is 4.90 Å². The second-order valence-corrected chi connectivity index (χ2v) is 19.5. The van der Waals surface area contributed by atoms with Crippen LogP contribution in [0.25, 0.3) is 84.2 Å². The Morgan fingerprint density at radius 2 is 0.797 bits per heavy atom. The minimum absolute atomic E-state index is 0.568. The zero-order valence-electron chi connectivity index (χ0n) is 41.3. The van der Waals surface area contributed by atoms with Crippen molar-refractivity contribution in [3.05, 3.63) is 313 Å². The van der Waals surface area contributed by atoms with E-state index in [1.165, 1.54) is 83.0 Å². The topological polar surface area (TPSA) is 8.17 Å². The van der Waals surface area contributed by atoms with Crippen LogP contribution in [0.3, 0.4) is 0 Å². The Bertz CT molecular complexity index is 4050. The van der Waals surface area contributed by atoms with Crippen LogP contribution in [-0.4, -0.2) is 4.57 Å². The van der Waals surface area contributed by atoms with Crippen LogP contribution in [0.2, 0.25) is 0 Å². The maximum absolute atomic E-state index is 4.09. The molecule has 0 saturated carbocycles. The van der Waals surface area contributed by atoms with E-state index >= 15 is 0 Å². The van der Waals surface area contributed by atoms with Gasteiger partial charge in [0.2, 0.25) is 0 Å². The highest BCUT2D eigenvalue weighted by Gasteiger charge is 2.46. The zero-order valence-corrected chi connectivity index (χ0v) is 41.3. The number of hydrogen-bond donors (Lipinski definition) is 0. The first-order valence-corrected chi connectivity index (χ1v) is 25.5. The summed E-state index contributed by atoms with van der Waals surface area (Å²) in [5.41, 5.74) is 24.2. The molecule has 1 atom stereocenters. The quantitative estimate of drug-likeness (QED) is 0.125. The molecule has 0 N–H and O–H groups in total. The zero-order chi connectivity index (χ0) is 49.8. The first-order chi connectivity index (χ1) is 36.5. The molecule has 1 heterocycles. The number of para-hydroxylation sites is 1. The second kappa shape index (κ2) is 18.3. The van der Waals surface area contributed by atoms with Gasteiger partial charge in [-0.25, -0.2) is 0 Å². The van der Waals surface area contributed by atoms with Gasteiger partial charge in [0.05, 0.1) is 16.4 Å². The third kappa shape index (κ3) is 7.42. The van der Waals surface area contributed by atoms with E-state index in [1.54, 1.807) is 0 Å². The lowest BCUT2D eigenvalue weighted by Gasteiger charge is -2.35. The number of anilines is 3. The molecule has 74 heavy (non-hydrogen) atoms. The summed E-state index contributed by atoms with van der Waals surface area (Å²) >= 11 is 0. The van der Waals surface area contributed by atoms with Crippen LogP contribution in [0.5, 0.6) is 0 Å². The Balaban J connectivity index is 0.963. The van der Waals surface area contributed by atoms with Crippen molar-refractivity contribution in [2.24, 2.45) is 0 Å². The number of aromatic nitrogens is 1. The molecule has 11 aromatic carbocycles. The average molecular weight is 945 g/mol. The Labute approximate surface area is 433 Å². The minimum atomic E-state index is -0.568. The van der Waals surface area contributed by atoms with Crippen molar-refractivity contribution >= 4 is 51.0 Å². The van der Waals surface area contributed by atoms with Crippen molar-refractivity contribution < 1.29 is 0 Å². The van der Waals surface area contributed by atoms with Crippen LogP contribution in [0.1, 0.15) is 38.9 Å². The lowest BCUT2D eigenvalue weighted by atomic mass is 9.67. The maximum Gasteiger partial charge on any atom is 0.0714 e. The molecule has 1 aromatic heterocycles. The normalized spacial score (nSPS) is 13.6. The van der Waals surface area contributed by atoms with Gasteiger partial charge in [-0.15, -0.1) is 0 Å². The van der Waals surface area contributed by atoms with Crippen LogP contribution >= 0.6 is 0 Å². The van der Waals surface area contributed by atoms with Crippen LogP contribution < -0.4 is 4.90 Å². The van der Waals surface area contributed by atoms with Gasteiger partial charge in [0.15, 0.2) is 0 Å². The number of nitrogens with zero attached hydrogens (tertiary/aromatic N) is 2. The molecule has 0 saturated heterocycles. The Hall–Kier alpha value is -9.50. The SMILES string of the molecule is C=Cc1ccc(-c2ccc3c(c2)c2cc(-c4ccc(N(c5ccc(-c6ccccc6)cc5)c5ccc6c(c5)C(c5ccc(C)cc5)(c5ccc(C=C)cc5)c5ccccc5-6)cc4)ccc2n3-c2ccccc2)cc1.